The maximum absolute atomic E-state index is 12.6. The highest BCUT2D eigenvalue weighted by atomic mass is 19.3. The number of alkyl halides is 2. The Bertz CT molecular complexity index is 847. The third-order valence-electron chi connectivity index (χ3n) is 4.17. The Kier molecular flexibility index (Phi) is 8.99. The van der Waals surface area contributed by atoms with E-state index in [1.54, 1.807) is 51.7 Å². The second-order valence-corrected chi connectivity index (χ2v) is 6.05. The van der Waals surface area contributed by atoms with Crippen LogP contribution in [0.3, 0.4) is 0 Å². The van der Waals surface area contributed by atoms with Crippen molar-refractivity contribution >= 4 is 5.96 Å². The fourth-order valence-electron chi connectivity index (χ4n) is 2.76. The Morgan fingerprint density at radius 2 is 1.57 bits per heavy atom. The quantitative estimate of drug-likeness (QED) is 0.450. The summed E-state index contributed by atoms with van der Waals surface area (Å²) in [7, 11) is 4.68. The van der Waals surface area contributed by atoms with Gasteiger partial charge in [0.05, 0.1) is 27.9 Å². The number of hydrogen-bond donors (Lipinski definition) is 2. The Labute approximate surface area is 175 Å². The predicted octanol–water partition coefficient (Wildman–Crippen LogP) is 3.57. The number of ether oxygens (including phenoxy) is 4. The molecular weight excluding hydrogens is 396 g/mol. The molecule has 0 fully saturated rings. The maximum atomic E-state index is 12.6. The molecule has 2 rings (SSSR count). The molecule has 2 aromatic rings. The van der Waals surface area contributed by atoms with Gasteiger partial charge in [-0.3, -0.25) is 0 Å². The van der Waals surface area contributed by atoms with Crippen LogP contribution in [0.15, 0.2) is 41.4 Å². The standard InChI is InChI=1S/C21H27F2N3O4/c1-5-24-21(25-12-14-8-6-7-9-16(14)30-20(22)23)26-13-15-10-18(28-3)19(29-4)11-17(15)27-2/h6-11,20H,5,12-13H2,1-4H3,(H2,24,25,26). The van der Waals surface area contributed by atoms with Gasteiger partial charge in [0.15, 0.2) is 17.5 Å². The molecule has 7 nitrogen and oxygen atoms in total. The van der Waals surface area contributed by atoms with Crippen molar-refractivity contribution < 1.29 is 27.7 Å². The zero-order valence-corrected chi connectivity index (χ0v) is 17.5. The normalized spacial score (nSPS) is 11.2. The van der Waals surface area contributed by atoms with Crippen LogP contribution in [-0.4, -0.2) is 40.4 Å². The summed E-state index contributed by atoms with van der Waals surface area (Å²) in [6, 6.07) is 10.2. The smallest absolute Gasteiger partial charge is 0.387 e. The van der Waals surface area contributed by atoms with Gasteiger partial charge in [-0.2, -0.15) is 8.78 Å². The van der Waals surface area contributed by atoms with Crippen molar-refractivity contribution in [3.63, 3.8) is 0 Å². The van der Waals surface area contributed by atoms with Gasteiger partial charge in [-0.25, -0.2) is 4.99 Å². The van der Waals surface area contributed by atoms with Gasteiger partial charge in [-0.05, 0) is 19.1 Å². The number of aliphatic imine (C=N–C) groups is 1. The predicted molar refractivity (Wildman–Crippen MR) is 111 cm³/mol. The van der Waals surface area contributed by atoms with Gasteiger partial charge in [-0.15, -0.1) is 0 Å². The lowest BCUT2D eigenvalue weighted by Gasteiger charge is -2.15. The molecule has 0 heterocycles. The van der Waals surface area contributed by atoms with E-state index in [0.717, 1.165) is 5.56 Å². The van der Waals surface area contributed by atoms with Crippen molar-refractivity contribution in [1.82, 2.24) is 10.6 Å². The van der Waals surface area contributed by atoms with E-state index in [-0.39, 0.29) is 12.3 Å². The molecule has 0 saturated carbocycles. The number of nitrogens with one attached hydrogen (secondary N) is 2. The van der Waals surface area contributed by atoms with Crippen molar-refractivity contribution in [2.45, 2.75) is 26.6 Å². The van der Waals surface area contributed by atoms with Gasteiger partial charge in [0.25, 0.3) is 0 Å². The highest BCUT2D eigenvalue weighted by Crippen LogP contribution is 2.34. The summed E-state index contributed by atoms with van der Waals surface area (Å²) in [5.41, 5.74) is 1.39. The molecule has 0 aliphatic rings. The van der Waals surface area contributed by atoms with Gasteiger partial charge in [0, 0.05) is 30.3 Å². The summed E-state index contributed by atoms with van der Waals surface area (Å²) in [4.78, 5) is 4.56. The molecule has 9 heteroatoms. The molecule has 0 unspecified atom stereocenters. The van der Waals surface area contributed by atoms with E-state index in [0.29, 0.717) is 41.9 Å². The molecule has 2 aromatic carbocycles. The monoisotopic (exact) mass is 423 g/mol. The lowest BCUT2D eigenvalue weighted by molar-refractivity contribution is -0.0504. The molecule has 0 spiro atoms. The van der Waals surface area contributed by atoms with Crippen LogP contribution < -0.4 is 29.6 Å². The number of halogens is 2. The molecule has 0 bridgehead atoms. The lowest BCUT2D eigenvalue weighted by Crippen LogP contribution is -2.36. The second kappa shape index (κ2) is 11.7. The summed E-state index contributed by atoms with van der Waals surface area (Å²) in [6.45, 7) is 0.239. The molecule has 0 atom stereocenters. The third kappa shape index (κ3) is 6.40. The number of benzene rings is 2. The summed E-state index contributed by atoms with van der Waals surface area (Å²) >= 11 is 0. The molecule has 0 aliphatic heterocycles. The fourth-order valence-corrected chi connectivity index (χ4v) is 2.76. The average molecular weight is 423 g/mol. The molecular formula is C21H27F2N3O4. The minimum atomic E-state index is -2.88. The van der Waals surface area contributed by atoms with Crippen LogP contribution in [0.2, 0.25) is 0 Å². The fraction of sp³-hybridized carbons (Fsp3) is 0.381. The number of nitrogens with zero attached hydrogens (tertiary/aromatic N) is 1. The molecule has 30 heavy (non-hydrogen) atoms. The van der Waals surface area contributed by atoms with E-state index in [4.69, 9.17) is 14.2 Å². The zero-order valence-electron chi connectivity index (χ0n) is 17.5. The van der Waals surface area contributed by atoms with Gasteiger partial charge >= 0.3 is 6.61 Å². The van der Waals surface area contributed by atoms with Gasteiger partial charge in [-0.1, -0.05) is 18.2 Å². The third-order valence-corrected chi connectivity index (χ3v) is 4.17. The first kappa shape index (κ1) is 23.1. The topological polar surface area (TPSA) is 73.3 Å². The average Bonchev–Trinajstić information content (AvgIpc) is 2.75. The maximum Gasteiger partial charge on any atom is 0.387 e. The van der Waals surface area contributed by atoms with Crippen LogP contribution in [0, 0.1) is 0 Å². The highest BCUT2D eigenvalue weighted by molar-refractivity contribution is 5.79. The van der Waals surface area contributed by atoms with Crippen molar-refractivity contribution in [3.05, 3.63) is 47.5 Å². The van der Waals surface area contributed by atoms with E-state index in [1.807, 2.05) is 6.92 Å². The van der Waals surface area contributed by atoms with Crippen LogP contribution >= 0.6 is 0 Å². The number of hydrogen-bond acceptors (Lipinski definition) is 5. The molecule has 164 valence electrons. The summed E-state index contributed by atoms with van der Waals surface area (Å²) in [6.07, 6.45) is 0. The minimum Gasteiger partial charge on any atom is -0.496 e. The van der Waals surface area contributed by atoms with Crippen molar-refractivity contribution in [2.75, 3.05) is 27.9 Å². The van der Waals surface area contributed by atoms with E-state index in [2.05, 4.69) is 20.4 Å². The summed E-state index contributed by atoms with van der Waals surface area (Å²) < 4.78 is 45.8. The van der Waals surface area contributed by atoms with Crippen LogP contribution in [0.5, 0.6) is 23.0 Å². The molecule has 0 amide bonds. The van der Waals surface area contributed by atoms with Crippen LogP contribution in [-0.2, 0) is 13.1 Å². The number of para-hydroxylation sites is 1. The van der Waals surface area contributed by atoms with Crippen molar-refractivity contribution in [1.29, 1.82) is 0 Å². The van der Waals surface area contributed by atoms with Crippen LogP contribution in [0.4, 0.5) is 8.78 Å². The van der Waals surface area contributed by atoms with Crippen LogP contribution in [0.25, 0.3) is 0 Å². The zero-order chi connectivity index (χ0) is 21.9. The first-order valence-corrected chi connectivity index (χ1v) is 9.36. The SMILES string of the molecule is CCNC(=NCc1cc(OC)c(OC)cc1OC)NCc1ccccc1OC(F)F. The van der Waals surface area contributed by atoms with Gasteiger partial charge in [0.2, 0.25) is 0 Å². The van der Waals surface area contributed by atoms with E-state index < -0.39 is 6.61 Å². The molecule has 0 aliphatic carbocycles. The first-order valence-electron chi connectivity index (χ1n) is 9.36. The molecule has 0 aromatic heterocycles. The molecule has 0 radical (unpaired) electrons. The summed E-state index contributed by atoms with van der Waals surface area (Å²) in [5, 5.41) is 6.25. The second-order valence-electron chi connectivity index (χ2n) is 6.05. The van der Waals surface area contributed by atoms with E-state index in [1.165, 1.54) is 6.07 Å². The molecule has 0 saturated heterocycles. The largest absolute Gasteiger partial charge is 0.496 e. The Hall–Kier alpha value is -3.23. The minimum absolute atomic E-state index is 0.123. The number of methoxy groups -OCH3 is 3. The van der Waals surface area contributed by atoms with Crippen LogP contribution in [0.1, 0.15) is 18.1 Å². The number of guanidine groups is 1. The first-order chi connectivity index (χ1) is 14.5. The Morgan fingerprint density at radius 1 is 0.900 bits per heavy atom. The highest BCUT2D eigenvalue weighted by Gasteiger charge is 2.13. The Morgan fingerprint density at radius 3 is 2.20 bits per heavy atom. The van der Waals surface area contributed by atoms with Gasteiger partial charge < -0.3 is 29.6 Å². The Balaban J connectivity index is 2.17. The summed E-state index contributed by atoms with van der Waals surface area (Å²) in [5.74, 6) is 2.38. The van der Waals surface area contributed by atoms with E-state index in [9.17, 15) is 8.78 Å². The number of rotatable bonds is 10. The lowest BCUT2D eigenvalue weighted by atomic mass is 10.1. The molecule has 2 N–H and O–H groups in total. The van der Waals surface area contributed by atoms with Crippen molar-refractivity contribution in [3.8, 4) is 23.0 Å². The van der Waals surface area contributed by atoms with Gasteiger partial charge in [0.1, 0.15) is 11.5 Å². The van der Waals surface area contributed by atoms with E-state index >= 15 is 0 Å². The van der Waals surface area contributed by atoms with Crippen molar-refractivity contribution in [2.24, 2.45) is 4.99 Å².